The van der Waals surface area contributed by atoms with Gasteiger partial charge in [-0.05, 0) is 12.1 Å². The molecule has 8 nitrogen and oxygen atoms in total. The van der Waals surface area contributed by atoms with Crippen molar-refractivity contribution in [2.45, 2.75) is 5.16 Å². The number of piperazine rings is 1. The fourth-order valence-electron chi connectivity index (χ4n) is 2.71. The number of benzene rings is 1. The largest absolute Gasteiger partial charge is 0.368 e. The maximum Gasteiger partial charge on any atom is 0.269 e. The van der Waals surface area contributed by atoms with Crippen molar-refractivity contribution in [2.24, 2.45) is 7.05 Å². The van der Waals surface area contributed by atoms with Crippen molar-refractivity contribution in [3.05, 3.63) is 46.8 Å². The maximum atomic E-state index is 12.3. The standard InChI is InChI=1S/C16H19N5O3S/c1-18-7-6-17-16(18)25-12-15(22)20-10-8-19(9-11-20)13-2-4-14(5-3-13)21(23)24/h2-7H,8-12H2,1H3. The zero-order valence-corrected chi connectivity index (χ0v) is 14.7. The van der Waals surface area contributed by atoms with Crippen molar-refractivity contribution in [1.82, 2.24) is 14.5 Å². The molecular weight excluding hydrogens is 342 g/mol. The van der Waals surface area contributed by atoms with E-state index in [-0.39, 0.29) is 11.6 Å². The van der Waals surface area contributed by atoms with E-state index in [1.807, 2.05) is 22.7 Å². The molecule has 9 heteroatoms. The molecule has 1 aromatic heterocycles. The highest BCUT2D eigenvalue weighted by Crippen LogP contribution is 2.21. The number of imidazole rings is 1. The molecule has 1 aliphatic rings. The predicted molar refractivity (Wildman–Crippen MR) is 95.8 cm³/mol. The van der Waals surface area contributed by atoms with Gasteiger partial charge in [0.1, 0.15) is 0 Å². The van der Waals surface area contributed by atoms with Crippen LogP contribution in [0.25, 0.3) is 0 Å². The number of aromatic nitrogens is 2. The Morgan fingerprint density at radius 2 is 1.92 bits per heavy atom. The summed E-state index contributed by atoms with van der Waals surface area (Å²) in [6, 6.07) is 6.53. The first-order valence-electron chi connectivity index (χ1n) is 7.92. The van der Waals surface area contributed by atoms with Crippen molar-refractivity contribution in [3.8, 4) is 0 Å². The van der Waals surface area contributed by atoms with Crippen LogP contribution >= 0.6 is 11.8 Å². The first kappa shape index (κ1) is 17.3. The normalized spacial score (nSPS) is 14.6. The molecule has 0 radical (unpaired) electrons. The molecule has 0 unspecified atom stereocenters. The molecule has 1 fully saturated rings. The molecule has 0 N–H and O–H groups in total. The third-order valence-corrected chi connectivity index (χ3v) is 5.20. The third-order valence-electron chi connectivity index (χ3n) is 4.16. The lowest BCUT2D eigenvalue weighted by Gasteiger charge is -2.36. The molecule has 1 aromatic carbocycles. The Morgan fingerprint density at radius 1 is 1.24 bits per heavy atom. The highest BCUT2D eigenvalue weighted by atomic mass is 32.2. The van der Waals surface area contributed by atoms with E-state index in [4.69, 9.17) is 0 Å². The van der Waals surface area contributed by atoms with Crippen LogP contribution in [0.5, 0.6) is 0 Å². The van der Waals surface area contributed by atoms with Crippen molar-refractivity contribution >= 4 is 29.0 Å². The van der Waals surface area contributed by atoms with E-state index < -0.39 is 4.92 Å². The van der Waals surface area contributed by atoms with Crippen LogP contribution < -0.4 is 4.90 Å². The van der Waals surface area contributed by atoms with Gasteiger partial charge in [0.2, 0.25) is 5.91 Å². The minimum Gasteiger partial charge on any atom is -0.368 e. The molecule has 0 saturated carbocycles. The Hall–Kier alpha value is -2.55. The molecule has 2 heterocycles. The Bertz CT molecular complexity index is 753. The summed E-state index contributed by atoms with van der Waals surface area (Å²) in [4.78, 5) is 30.9. The molecule has 3 rings (SSSR count). The number of aryl methyl sites for hydroxylation is 1. The van der Waals surface area contributed by atoms with Gasteiger partial charge in [0.15, 0.2) is 5.16 Å². The fourth-order valence-corrected chi connectivity index (χ4v) is 3.54. The molecule has 132 valence electrons. The number of nitrogens with zero attached hydrogens (tertiary/aromatic N) is 5. The molecule has 0 atom stereocenters. The van der Waals surface area contributed by atoms with Crippen LogP contribution in [0.2, 0.25) is 0 Å². The molecule has 2 aromatic rings. The Kier molecular flexibility index (Phi) is 5.22. The minimum atomic E-state index is -0.403. The average Bonchev–Trinajstić information content (AvgIpc) is 3.05. The van der Waals surface area contributed by atoms with E-state index in [1.165, 1.54) is 23.9 Å². The second-order valence-corrected chi connectivity index (χ2v) is 6.69. The Morgan fingerprint density at radius 3 is 2.48 bits per heavy atom. The van der Waals surface area contributed by atoms with E-state index >= 15 is 0 Å². The molecular formula is C16H19N5O3S. The van der Waals surface area contributed by atoms with Gasteiger partial charge in [0, 0.05) is 63.4 Å². The van der Waals surface area contributed by atoms with E-state index in [0.717, 1.165) is 23.9 Å². The number of hydrogen-bond acceptors (Lipinski definition) is 6. The SMILES string of the molecule is Cn1ccnc1SCC(=O)N1CCN(c2ccc([N+](=O)[O-])cc2)CC1. The van der Waals surface area contributed by atoms with Gasteiger partial charge < -0.3 is 14.4 Å². The van der Waals surface area contributed by atoms with Crippen LogP contribution in [-0.2, 0) is 11.8 Å². The molecule has 0 aliphatic carbocycles. The van der Waals surface area contributed by atoms with E-state index in [0.29, 0.717) is 18.8 Å². The van der Waals surface area contributed by atoms with E-state index in [2.05, 4.69) is 9.88 Å². The van der Waals surface area contributed by atoms with Gasteiger partial charge in [-0.25, -0.2) is 4.98 Å². The first-order chi connectivity index (χ1) is 12.0. The van der Waals surface area contributed by atoms with Gasteiger partial charge in [-0.3, -0.25) is 14.9 Å². The fraction of sp³-hybridized carbons (Fsp3) is 0.375. The summed E-state index contributed by atoms with van der Waals surface area (Å²) in [5.41, 5.74) is 1.03. The lowest BCUT2D eigenvalue weighted by molar-refractivity contribution is -0.384. The number of carbonyl (C=O) groups is 1. The van der Waals surface area contributed by atoms with E-state index in [1.54, 1.807) is 18.3 Å². The molecule has 0 bridgehead atoms. The van der Waals surface area contributed by atoms with Crippen molar-refractivity contribution in [3.63, 3.8) is 0 Å². The number of amides is 1. The number of hydrogen-bond donors (Lipinski definition) is 0. The van der Waals surface area contributed by atoms with Gasteiger partial charge in [0.25, 0.3) is 5.69 Å². The van der Waals surface area contributed by atoms with Gasteiger partial charge in [-0.1, -0.05) is 11.8 Å². The van der Waals surface area contributed by atoms with Crippen molar-refractivity contribution < 1.29 is 9.72 Å². The zero-order valence-electron chi connectivity index (χ0n) is 13.9. The molecule has 1 amide bonds. The summed E-state index contributed by atoms with van der Waals surface area (Å²) in [5, 5.41) is 11.5. The van der Waals surface area contributed by atoms with Crippen LogP contribution in [0.4, 0.5) is 11.4 Å². The maximum absolute atomic E-state index is 12.3. The highest BCUT2D eigenvalue weighted by molar-refractivity contribution is 7.99. The highest BCUT2D eigenvalue weighted by Gasteiger charge is 2.22. The number of nitro groups is 1. The summed E-state index contributed by atoms with van der Waals surface area (Å²) < 4.78 is 1.89. The minimum absolute atomic E-state index is 0.0869. The average molecular weight is 361 g/mol. The first-order valence-corrected chi connectivity index (χ1v) is 8.90. The van der Waals surface area contributed by atoms with Crippen LogP contribution in [0.15, 0.2) is 41.8 Å². The van der Waals surface area contributed by atoms with Crippen LogP contribution in [-0.4, -0.2) is 57.2 Å². The van der Waals surface area contributed by atoms with Crippen LogP contribution in [0, 0.1) is 10.1 Å². The number of non-ortho nitro benzene ring substituents is 1. The molecule has 1 saturated heterocycles. The van der Waals surface area contributed by atoms with Gasteiger partial charge in [-0.15, -0.1) is 0 Å². The summed E-state index contributed by atoms with van der Waals surface area (Å²) >= 11 is 1.44. The summed E-state index contributed by atoms with van der Waals surface area (Å²) in [6.45, 7) is 2.74. The molecule has 25 heavy (non-hydrogen) atoms. The summed E-state index contributed by atoms with van der Waals surface area (Å²) in [7, 11) is 1.91. The van der Waals surface area contributed by atoms with Crippen LogP contribution in [0.1, 0.15) is 0 Å². The topological polar surface area (TPSA) is 84.5 Å². The lowest BCUT2D eigenvalue weighted by Crippen LogP contribution is -2.49. The quantitative estimate of drug-likeness (QED) is 0.458. The molecule has 0 spiro atoms. The van der Waals surface area contributed by atoms with E-state index in [9.17, 15) is 14.9 Å². The number of rotatable bonds is 5. The van der Waals surface area contributed by atoms with Crippen molar-refractivity contribution in [2.75, 3.05) is 36.8 Å². The number of carbonyl (C=O) groups excluding carboxylic acids is 1. The van der Waals surface area contributed by atoms with Gasteiger partial charge in [-0.2, -0.15) is 0 Å². The Balaban J connectivity index is 1.50. The lowest BCUT2D eigenvalue weighted by atomic mass is 10.2. The van der Waals surface area contributed by atoms with Crippen molar-refractivity contribution in [1.29, 1.82) is 0 Å². The second-order valence-electron chi connectivity index (χ2n) is 5.75. The predicted octanol–water partition coefficient (Wildman–Crippen LogP) is 1.77. The van der Waals surface area contributed by atoms with Crippen LogP contribution in [0.3, 0.4) is 0 Å². The van der Waals surface area contributed by atoms with Gasteiger partial charge in [0.05, 0.1) is 10.7 Å². The smallest absolute Gasteiger partial charge is 0.269 e. The molecule has 1 aliphatic heterocycles. The number of anilines is 1. The summed E-state index contributed by atoms with van der Waals surface area (Å²) in [5.74, 6) is 0.485. The number of nitro benzene ring substituents is 1. The number of thioether (sulfide) groups is 1. The Labute approximate surface area is 149 Å². The van der Waals surface area contributed by atoms with Gasteiger partial charge >= 0.3 is 0 Å². The zero-order chi connectivity index (χ0) is 17.8. The third kappa shape index (κ3) is 4.11. The second kappa shape index (κ2) is 7.56. The monoisotopic (exact) mass is 361 g/mol. The summed E-state index contributed by atoms with van der Waals surface area (Å²) in [6.07, 6.45) is 3.57.